The van der Waals surface area contributed by atoms with E-state index >= 15 is 0 Å². The molecule has 102 valence electrons. The zero-order valence-corrected chi connectivity index (χ0v) is 12.5. The van der Waals surface area contributed by atoms with Gasteiger partial charge in [0, 0.05) is 11.1 Å². The highest BCUT2D eigenvalue weighted by atomic mass is 16.2. The normalized spacial score (nSPS) is 10.2. The van der Waals surface area contributed by atoms with Crippen molar-refractivity contribution in [3.05, 3.63) is 45.5 Å². The van der Waals surface area contributed by atoms with Crippen molar-refractivity contribution < 1.29 is 9.59 Å². The maximum absolute atomic E-state index is 12.2. The maximum atomic E-state index is 12.2. The summed E-state index contributed by atoms with van der Waals surface area (Å²) < 4.78 is 0. The monoisotopic (exact) mass is 259 g/mol. The van der Waals surface area contributed by atoms with E-state index in [0.29, 0.717) is 11.1 Å². The third-order valence-corrected chi connectivity index (χ3v) is 3.84. The average molecular weight is 259 g/mol. The van der Waals surface area contributed by atoms with E-state index in [1.165, 1.54) is 5.56 Å². The van der Waals surface area contributed by atoms with E-state index in [9.17, 15) is 9.59 Å². The number of hydrogen-bond acceptors (Lipinski definition) is 2. The number of carbonyl (C=O) groups excluding carboxylic acids is 2. The van der Waals surface area contributed by atoms with E-state index in [0.717, 1.165) is 22.3 Å². The van der Waals surface area contributed by atoms with Crippen molar-refractivity contribution >= 4 is 11.8 Å². The predicted molar refractivity (Wildman–Crippen MR) is 77.4 cm³/mol. The van der Waals surface area contributed by atoms with Gasteiger partial charge in [-0.25, -0.2) is 0 Å². The Hall–Kier alpha value is -1.90. The molecule has 1 aromatic carbocycles. The number of carbonyl (C=O) groups is 2. The van der Waals surface area contributed by atoms with E-state index < -0.39 is 5.91 Å². The summed E-state index contributed by atoms with van der Waals surface area (Å²) in [4.78, 5) is 23.8. The van der Waals surface area contributed by atoms with Crippen LogP contribution in [0.5, 0.6) is 0 Å². The van der Waals surface area contributed by atoms with E-state index in [1.54, 1.807) is 6.92 Å². The molecule has 1 rings (SSSR count). The zero-order chi connectivity index (χ0) is 14.9. The lowest BCUT2D eigenvalue weighted by Crippen LogP contribution is -2.32. The van der Waals surface area contributed by atoms with Crippen molar-refractivity contribution in [2.75, 3.05) is 0 Å². The van der Waals surface area contributed by atoms with Crippen LogP contribution in [-0.2, 0) is 4.79 Å². The fourth-order valence-corrected chi connectivity index (χ4v) is 2.11. The topological polar surface area (TPSA) is 46.2 Å². The third kappa shape index (κ3) is 2.75. The van der Waals surface area contributed by atoms with E-state index in [-0.39, 0.29) is 5.91 Å². The van der Waals surface area contributed by atoms with Crippen LogP contribution in [0, 0.1) is 34.6 Å². The minimum Gasteiger partial charge on any atom is -0.288 e. The number of rotatable bonds is 2. The van der Waals surface area contributed by atoms with E-state index in [4.69, 9.17) is 0 Å². The van der Waals surface area contributed by atoms with Gasteiger partial charge >= 0.3 is 0 Å². The van der Waals surface area contributed by atoms with Crippen LogP contribution in [-0.4, -0.2) is 11.8 Å². The first-order chi connectivity index (χ1) is 8.68. The molecule has 0 aliphatic rings. The van der Waals surface area contributed by atoms with Crippen molar-refractivity contribution in [3.8, 4) is 0 Å². The van der Waals surface area contributed by atoms with Crippen molar-refractivity contribution in [2.45, 2.75) is 41.5 Å². The minimum atomic E-state index is -0.431. The van der Waals surface area contributed by atoms with Gasteiger partial charge in [0.25, 0.3) is 11.8 Å². The molecule has 19 heavy (non-hydrogen) atoms. The first-order valence-corrected chi connectivity index (χ1v) is 6.26. The number of nitrogens with one attached hydrogen (secondary N) is 1. The third-order valence-electron chi connectivity index (χ3n) is 3.84. The van der Waals surface area contributed by atoms with Crippen LogP contribution < -0.4 is 5.32 Å². The van der Waals surface area contributed by atoms with Crippen LogP contribution in [0.4, 0.5) is 0 Å². The van der Waals surface area contributed by atoms with Crippen LogP contribution in [0.15, 0.2) is 12.2 Å². The predicted octanol–water partition coefficient (Wildman–Crippen LogP) is 3.06. The molecule has 1 N–H and O–H groups in total. The molecular formula is C16H21NO2. The Morgan fingerprint density at radius 2 is 1.21 bits per heavy atom. The van der Waals surface area contributed by atoms with Crippen molar-refractivity contribution in [2.24, 2.45) is 0 Å². The Bertz CT molecular complexity index is 554. The second-order valence-electron chi connectivity index (χ2n) is 5.06. The highest BCUT2D eigenvalue weighted by Crippen LogP contribution is 2.25. The van der Waals surface area contributed by atoms with Gasteiger partial charge in [-0.2, -0.15) is 0 Å². The summed E-state index contributed by atoms with van der Waals surface area (Å²) in [6, 6.07) is 0. The van der Waals surface area contributed by atoms with Gasteiger partial charge in [-0.3, -0.25) is 14.9 Å². The van der Waals surface area contributed by atoms with Gasteiger partial charge in [0.1, 0.15) is 0 Å². The Morgan fingerprint density at radius 1 is 0.842 bits per heavy atom. The molecule has 3 nitrogen and oxygen atoms in total. The first-order valence-electron chi connectivity index (χ1n) is 6.26. The lowest BCUT2D eigenvalue weighted by atomic mass is 9.89. The van der Waals surface area contributed by atoms with Crippen molar-refractivity contribution in [3.63, 3.8) is 0 Å². The Kier molecular flexibility index (Phi) is 4.30. The standard InChI is InChI=1S/C16H21NO2/c1-8(2)15(18)17-16(19)14-12(6)10(4)9(3)11(5)13(14)7/h1H2,2-7H3,(H,17,18,19). The number of benzene rings is 1. The van der Waals surface area contributed by atoms with E-state index in [1.807, 2.05) is 34.6 Å². The highest BCUT2D eigenvalue weighted by molar-refractivity contribution is 6.11. The second kappa shape index (κ2) is 5.39. The van der Waals surface area contributed by atoms with Gasteiger partial charge in [0.15, 0.2) is 0 Å². The molecule has 3 heteroatoms. The number of amides is 2. The summed E-state index contributed by atoms with van der Waals surface area (Å²) in [5, 5.41) is 2.37. The van der Waals surface area contributed by atoms with Crippen molar-refractivity contribution in [1.29, 1.82) is 0 Å². The lowest BCUT2D eigenvalue weighted by Gasteiger charge is -2.17. The number of hydrogen-bond donors (Lipinski definition) is 1. The molecule has 0 aliphatic carbocycles. The second-order valence-corrected chi connectivity index (χ2v) is 5.06. The van der Waals surface area contributed by atoms with Gasteiger partial charge in [-0.05, 0) is 69.4 Å². The molecule has 0 saturated carbocycles. The molecule has 0 radical (unpaired) electrons. The molecule has 0 aromatic heterocycles. The van der Waals surface area contributed by atoms with Gasteiger partial charge in [-0.1, -0.05) is 6.58 Å². The number of imide groups is 1. The first kappa shape index (κ1) is 15.2. The summed E-state index contributed by atoms with van der Waals surface area (Å²) in [6.45, 7) is 15.0. The molecule has 0 saturated heterocycles. The molecule has 0 heterocycles. The fourth-order valence-electron chi connectivity index (χ4n) is 2.11. The molecule has 0 aliphatic heterocycles. The lowest BCUT2D eigenvalue weighted by molar-refractivity contribution is -0.116. The molecule has 0 fully saturated rings. The molecule has 0 bridgehead atoms. The fraction of sp³-hybridized carbons (Fsp3) is 0.375. The smallest absolute Gasteiger partial charge is 0.258 e. The summed E-state index contributed by atoms with van der Waals surface area (Å²) in [5.41, 5.74) is 6.14. The quantitative estimate of drug-likeness (QED) is 0.830. The van der Waals surface area contributed by atoms with Gasteiger partial charge in [0.2, 0.25) is 0 Å². The highest BCUT2D eigenvalue weighted by Gasteiger charge is 2.19. The van der Waals surface area contributed by atoms with Crippen LogP contribution in [0.1, 0.15) is 45.1 Å². The molecule has 0 unspecified atom stereocenters. The van der Waals surface area contributed by atoms with E-state index in [2.05, 4.69) is 11.9 Å². The van der Waals surface area contributed by atoms with Gasteiger partial charge in [-0.15, -0.1) is 0 Å². The van der Waals surface area contributed by atoms with Crippen LogP contribution >= 0.6 is 0 Å². The Labute approximate surface area is 114 Å². The molecular weight excluding hydrogens is 238 g/mol. The van der Waals surface area contributed by atoms with Crippen LogP contribution in [0.2, 0.25) is 0 Å². The zero-order valence-electron chi connectivity index (χ0n) is 12.5. The van der Waals surface area contributed by atoms with Crippen molar-refractivity contribution in [1.82, 2.24) is 5.32 Å². The van der Waals surface area contributed by atoms with Gasteiger partial charge < -0.3 is 0 Å². The van der Waals surface area contributed by atoms with Gasteiger partial charge in [0.05, 0.1) is 0 Å². The molecule has 0 atom stereocenters. The molecule has 2 amide bonds. The summed E-state index contributed by atoms with van der Waals surface area (Å²) in [7, 11) is 0. The minimum absolute atomic E-state index is 0.323. The summed E-state index contributed by atoms with van der Waals surface area (Å²) in [5.74, 6) is -0.783. The van der Waals surface area contributed by atoms with Crippen LogP contribution in [0.3, 0.4) is 0 Å². The Morgan fingerprint density at radius 3 is 1.58 bits per heavy atom. The summed E-state index contributed by atoms with van der Waals surface area (Å²) >= 11 is 0. The molecule has 0 spiro atoms. The summed E-state index contributed by atoms with van der Waals surface area (Å²) in [6.07, 6.45) is 0. The molecule has 1 aromatic rings. The largest absolute Gasteiger partial charge is 0.288 e. The Balaban J connectivity index is 3.32. The SMILES string of the molecule is C=C(C)C(=O)NC(=O)c1c(C)c(C)c(C)c(C)c1C. The average Bonchev–Trinajstić information content (AvgIpc) is 2.34. The van der Waals surface area contributed by atoms with Crippen LogP contribution in [0.25, 0.3) is 0 Å². The maximum Gasteiger partial charge on any atom is 0.258 e.